The van der Waals surface area contributed by atoms with E-state index in [1.54, 1.807) is 35.1 Å². The van der Waals surface area contributed by atoms with Gasteiger partial charge < -0.3 is 10.5 Å². The topological polar surface area (TPSA) is 87.2 Å². The van der Waals surface area contributed by atoms with Gasteiger partial charge in [0.05, 0.1) is 23.9 Å². The number of ether oxygens (including phenoxy) is 1. The molecule has 8 heteroatoms. The first-order chi connectivity index (χ1) is 13.5. The van der Waals surface area contributed by atoms with Crippen LogP contribution in [0.2, 0.25) is 0 Å². The Kier molecular flexibility index (Phi) is 5.16. The van der Waals surface area contributed by atoms with Crippen LogP contribution in [0, 0.1) is 5.92 Å². The van der Waals surface area contributed by atoms with E-state index in [2.05, 4.69) is 6.92 Å². The monoisotopic (exact) mass is 415 g/mol. The lowest BCUT2D eigenvalue weighted by molar-refractivity contribution is -0.115. The predicted molar refractivity (Wildman–Crippen MR) is 113 cm³/mol. The van der Waals surface area contributed by atoms with Gasteiger partial charge in [-0.25, -0.2) is 4.98 Å². The fourth-order valence-corrected chi connectivity index (χ4v) is 5.74. The van der Waals surface area contributed by atoms with Gasteiger partial charge in [-0.3, -0.25) is 14.2 Å². The Bertz CT molecular complexity index is 1100. The summed E-state index contributed by atoms with van der Waals surface area (Å²) in [6, 6.07) is 7.25. The van der Waals surface area contributed by atoms with Crippen LogP contribution in [0.1, 0.15) is 23.8 Å². The molecule has 1 aliphatic carbocycles. The number of carbonyl (C=O) groups excluding carboxylic acids is 1. The van der Waals surface area contributed by atoms with Gasteiger partial charge in [-0.1, -0.05) is 18.7 Å². The molecule has 1 atom stereocenters. The zero-order valence-electron chi connectivity index (χ0n) is 15.7. The Morgan fingerprint density at radius 3 is 2.82 bits per heavy atom. The van der Waals surface area contributed by atoms with Gasteiger partial charge in [-0.05, 0) is 55.0 Å². The molecule has 1 aliphatic rings. The van der Waals surface area contributed by atoms with Gasteiger partial charge in [0.15, 0.2) is 5.16 Å². The third-order valence-electron chi connectivity index (χ3n) is 4.97. The molecule has 6 nitrogen and oxygen atoms in total. The van der Waals surface area contributed by atoms with Crippen LogP contribution < -0.4 is 16.0 Å². The molecule has 0 saturated heterocycles. The highest BCUT2D eigenvalue weighted by molar-refractivity contribution is 7.99. The number of thiophene rings is 1. The summed E-state index contributed by atoms with van der Waals surface area (Å²) in [5, 5.41) is 1.19. The van der Waals surface area contributed by atoms with E-state index in [0.29, 0.717) is 27.9 Å². The van der Waals surface area contributed by atoms with Crippen molar-refractivity contribution in [1.82, 2.24) is 9.55 Å². The van der Waals surface area contributed by atoms with Gasteiger partial charge in [0.1, 0.15) is 10.6 Å². The van der Waals surface area contributed by atoms with Gasteiger partial charge in [-0.2, -0.15) is 0 Å². The number of hydrogen-bond donors (Lipinski definition) is 1. The first-order valence-corrected chi connectivity index (χ1v) is 10.9. The first kappa shape index (κ1) is 19.0. The molecule has 0 bridgehead atoms. The number of primary amides is 1. The third kappa shape index (κ3) is 3.42. The van der Waals surface area contributed by atoms with E-state index in [-0.39, 0.29) is 11.3 Å². The summed E-state index contributed by atoms with van der Waals surface area (Å²) in [5.41, 5.74) is 7.07. The van der Waals surface area contributed by atoms with Crippen molar-refractivity contribution in [2.75, 3.05) is 12.9 Å². The molecule has 0 fully saturated rings. The number of nitrogens with zero attached hydrogens (tertiary/aromatic N) is 2. The van der Waals surface area contributed by atoms with Crippen molar-refractivity contribution in [1.29, 1.82) is 0 Å². The van der Waals surface area contributed by atoms with Gasteiger partial charge in [0.25, 0.3) is 5.56 Å². The number of aromatic nitrogens is 2. The number of aryl methyl sites for hydroxylation is 1. The number of thioether (sulfide) groups is 1. The molecule has 0 saturated carbocycles. The molecule has 1 aromatic carbocycles. The van der Waals surface area contributed by atoms with Crippen LogP contribution in [-0.4, -0.2) is 28.3 Å². The largest absolute Gasteiger partial charge is 0.497 e. The number of carbonyl (C=O) groups is 1. The molecular formula is C20H21N3O3S2. The molecule has 28 heavy (non-hydrogen) atoms. The lowest BCUT2D eigenvalue weighted by Gasteiger charge is -2.17. The third-order valence-corrected chi connectivity index (χ3v) is 7.08. The molecule has 2 aromatic heterocycles. The van der Waals surface area contributed by atoms with E-state index in [0.717, 1.165) is 29.7 Å². The molecule has 2 heterocycles. The highest BCUT2D eigenvalue weighted by Crippen LogP contribution is 2.37. The minimum absolute atomic E-state index is 0.0657. The Balaban J connectivity index is 1.93. The summed E-state index contributed by atoms with van der Waals surface area (Å²) < 4.78 is 6.80. The molecule has 1 amide bonds. The van der Waals surface area contributed by atoms with Crippen LogP contribution >= 0.6 is 23.1 Å². The average Bonchev–Trinajstić information content (AvgIpc) is 3.04. The van der Waals surface area contributed by atoms with E-state index >= 15 is 0 Å². The molecule has 4 rings (SSSR count). The van der Waals surface area contributed by atoms with E-state index in [4.69, 9.17) is 15.5 Å². The van der Waals surface area contributed by atoms with Crippen LogP contribution in [0.5, 0.6) is 5.75 Å². The Labute approximate surface area is 170 Å². The molecule has 0 unspecified atom stereocenters. The second kappa shape index (κ2) is 7.60. The summed E-state index contributed by atoms with van der Waals surface area (Å²) in [6.07, 6.45) is 2.98. The quantitative estimate of drug-likeness (QED) is 0.511. The Morgan fingerprint density at radius 1 is 1.39 bits per heavy atom. The molecule has 3 aromatic rings. The Hall–Kier alpha value is -2.32. The average molecular weight is 416 g/mol. The minimum Gasteiger partial charge on any atom is -0.497 e. The van der Waals surface area contributed by atoms with E-state index < -0.39 is 5.91 Å². The second-order valence-electron chi connectivity index (χ2n) is 7.02. The van der Waals surface area contributed by atoms with Crippen LogP contribution in [0.15, 0.2) is 34.2 Å². The van der Waals surface area contributed by atoms with Crippen molar-refractivity contribution in [3.63, 3.8) is 0 Å². The standard InChI is InChI=1S/C20H21N3O3S2/c1-11-3-8-14-15(9-11)28-18-17(14)19(25)23(20(22-18)27-10-16(21)24)12-4-6-13(26-2)7-5-12/h4-7,11H,3,8-10H2,1-2H3,(H2,21,24)/t11-/m0/s1. The van der Waals surface area contributed by atoms with Crippen molar-refractivity contribution in [2.45, 2.75) is 31.3 Å². The van der Waals surface area contributed by atoms with E-state index in [9.17, 15) is 9.59 Å². The number of rotatable bonds is 5. The second-order valence-corrected chi connectivity index (χ2v) is 9.05. The minimum atomic E-state index is -0.445. The lowest BCUT2D eigenvalue weighted by atomic mass is 9.89. The van der Waals surface area contributed by atoms with E-state index in [1.165, 1.54) is 16.6 Å². The number of fused-ring (bicyclic) bond motifs is 3. The maximum atomic E-state index is 13.5. The SMILES string of the molecule is COc1ccc(-n2c(SCC(N)=O)nc3sc4c(c3c2=O)CC[C@H](C)C4)cc1. The summed E-state index contributed by atoms with van der Waals surface area (Å²) >= 11 is 2.79. The molecule has 2 N–H and O–H groups in total. The molecular weight excluding hydrogens is 394 g/mol. The fraction of sp³-hybridized carbons (Fsp3) is 0.350. The van der Waals surface area contributed by atoms with Crippen LogP contribution in [0.4, 0.5) is 0 Å². The highest BCUT2D eigenvalue weighted by Gasteiger charge is 2.25. The predicted octanol–water partition coefficient (Wildman–Crippen LogP) is 3.16. The molecule has 0 spiro atoms. The van der Waals surface area contributed by atoms with Crippen LogP contribution in [0.25, 0.3) is 15.9 Å². The normalized spacial score (nSPS) is 16.1. The zero-order valence-corrected chi connectivity index (χ0v) is 17.4. The van der Waals surface area contributed by atoms with Crippen molar-refractivity contribution >= 4 is 39.2 Å². The first-order valence-electron chi connectivity index (χ1n) is 9.10. The van der Waals surface area contributed by atoms with Crippen molar-refractivity contribution in [3.05, 3.63) is 45.1 Å². The van der Waals surface area contributed by atoms with Crippen LogP contribution in [0.3, 0.4) is 0 Å². The summed E-state index contributed by atoms with van der Waals surface area (Å²) in [4.78, 5) is 31.6. The van der Waals surface area contributed by atoms with Gasteiger partial charge in [0, 0.05) is 4.88 Å². The summed E-state index contributed by atoms with van der Waals surface area (Å²) in [6.45, 7) is 2.24. The maximum Gasteiger partial charge on any atom is 0.267 e. The van der Waals surface area contributed by atoms with Crippen molar-refractivity contribution in [3.8, 4) is 11.4 Å². The van der Waals surface area contributed by atoms with E-state index in [1.807, 2.05) is 12.1 Å². The number of hydrogen-bond acceptors (Lipinski definition) is 6. The maximum absolute atomic E-state index is 13.5. The number of nitrogens with two attached hydrogens (primary N) is 1. The number of benzene rings is 1. The lowest BCUT2D eigenvalue weighted by Crippen LogP contribution is -2.23. The number of amides is 1. The highest BCUT2D eigenvalue weighted by atomic mass is 32.2. The molecule has 146 valence electrons. The number of methoxy groups -OCH3 is 1. The van der Waals surface area contributed by atoms with Gasteiger partial charge in [-0.15, -0.1) is 11.3 Å². The summed E-state index contributed by atoms with van der Waals surface area (Å²) in [7, 11) is 1.60. The summed E-state index contributed by atoms with van der Waals surface area (Å²) in [5.74, 6) is 0.947. The molecule has 0 aliphatic heterocycles. The molecule has 0 radical (unpaired) electrons. The Morgan fingerprint density at radius 2 is 2.14 bits per heavy atom. The van der Waals surface area contributed by atoms with Gasteiger partial charge >= 0.3 is 0 Å². The van der Waals surface area contributed by atoms with Gasteiger partial charge in [0.2, 0.25) is 5.91 Å². The van der Waals surface area contributed by atoms with Crippen molar-refractivity contribution < 1.29 is 9.53 Å². The van der Waals surface area contributed by atoms with Crippen molar-refractivity contribution in [2.24, 2.45) is 11.7 Å². The van der Waals surface area contributed by atoms with Crippen LogP contribution in [-0.2, 0) is 17.6 Å². The smallest absolute Gasteiger partial charge is 0.267 e. The fourth-order valence-electron chi connectivity index (χ4n) is 3.56. The zero-order chi connectivity index (χ0) is 19.8.